The van der Waals surface area contributed by atoms with Crippen LogP contribution >= 0.6 is 0 Å². The van der Waals surface area contributed by atoms with Crippen LogP contribution in [0.15, 0.2) is 12.7 Å². The van der Waals surface area contributed by atoms with Gasteiger partial charge in [-0.2, -0.15) is 0 Å². The molecule has 2 aliphatic rings. The van der Waals surface area contributed by atoms with E-state index < -0.39 is 5.54 Å². The number of hydrogen-bond acceptors (Lipinski definition) is 2. The van der Waals surface area contributed by atoms with Crippen LogP contribution in [0, 0.1) is 5.92 Å². The summed E-state index contributed by atoms with van der Waals surface area (Å²) in [5.74, 6) is 0.739. The lowest BCUT2D eigenvalue weighted by Crippen LogP contribution is -2.59. The normalized spacial score (nSPS) is 32.2. The Morgan fingerprint density at radius 3 is 2.63 bits per heavy atom. The summed E-state index contributed by atoms with van der Waals surface area (Å²) in [7, 11) is 0. The molecule has 3 nitrogen and oxygen atoms in total. The molecule has 0 aromatic carbocycles. The minimum absolute atomic E-state index is 0.172. The maximum absolute atomic E-state index is 12.9. The summed E-state index contributed by atoms with van der Waals surface area (Å²) in [6, 6.07) is 0.392. The van der Waals surface area contributed by atoms with Crippen molar-refractivity contribution in [2.24, 2.45) is 11.7 Å². The van der Waals surface area contributed by atoms with E-state index in [0.29, 0.717) is 18.5 Å². The van der Waals surface area contributed by atoms with Gasteiger partial charge in [0.15, 0.2) is 0 Å². The highest BCUT2D eigenvalue weighted by Gasteiger charge is 2.42. The highest BCUT2D eigenvalue weighted by atomic mass is 16.2. The van der Waals surface area contributed by atoms with E-state index in [9.17, 15) is 4.79 Å². The average molecular weight is 264 g/mol. The molecule has 0 radical (unpaired) electrons. The molecular formula is C16H28N2O. The molecule has 0 spiro atoms. The van der Waals surface area contributed by atoms with Crippen LogP contribution in [0.2, 0.25) is 0 Å². The molecule has 2 saturated carbocycles. The summed E-state index contributed by atoms with van der Waals surface area (Å²) in [6.45, 7) is 6.66. The lowest BCUT2D eigenvalue weighted by atomic mass is 9.76. The maximum atomic E-state index is 12.9. The van der Waals surface area contributed by atoms with Gasteiger partial charge in [-0.3, -0.25) is 4.79 Å². The third-order valence-electron chi connectivity index (χ3n) is 4.81. The molecule has 0 aromatic heterocycles. The molecule has 0 aliphatic heterocycles. The van der Waals surface area contributed by atoms with Gasteiger partial charge >= 0.3 is 0 Å². The Morgan fingerprint density at radius 2 is 2.05 bits per heavy atom. The molecule has 0 heterocycles. The van der Waals surface area contributed by atoms with Crippen molar-refractivity contribution in [2.45, 2.75) is 69.9 Å². The monoisotopic (exact) mass is 264 g/mol. The molecule has 2 aliphatic carbocycles. The van der Waals surface area contributed by atoms with Gasteiger partial charge < -0.3 is 10.6 Å². The van der Waals surface area contributed by atoms with E-state index in [1.165, 1.54) is 19.3 Å². The lowest BCUT2D eigenvalue weighted by Gasteiger charge is -2.41. The van der Waals surface area contributed by atoms with Crippen LogP contribution in [-0.2, 0) is 4.79 Å². The van der Waals surface area contributed by atoms with Gasteiger partial charge in [0.1, 0.15) is 0 Å². The fourth-order valence-electron chi connectivity index (χ4n) is 3.82. The second-order valence-electron chi connectivity index (χ2n) is 6.54. The Balaban J connectivity index is 2.11. The summed E-state index contributed by atoms with van der Waals surface area (Å²) in [5.41, 5.74) is 5.84. The number of carbonyl (C=O) groups excluding carboxylic acids is 1. The number of amides is 1. The highest BCUT2D eigenvalue weighted by Crippen LogP contribution is 2.34. The fourth-order valence-corrected chi connectivity index (χ4v) is 3.82. The first-order chi connectivity index (χ1) is 9.07. The van der Waals surface area contributed by atoms with Gasteiger partial charge in [-0.1, -0.05) is 38.7 Å². The first-order valence-electron chi connectivity index (χ1n) is 7.77. The molecule has 0 aromatic rings. The van der Waals surface area contributed by atoms with Crippen molar-refractivity contribution in [2.75, 3.05) is 6.54 Å². The van der Waals surface area contributed by atoms with E-state index in [-0.39, 0.29) is 5.91 Å². The van der Waals surface area contributed by atoms with Crippen molar-refractivity contribution < 1.29 is 4.79 Å². The predicted molar refractivity (Wildman–Crippen MR) is 78.7 cm³/mol. The van der Waals surface area contributed by atoms with E-state index in [4.69, 9.17) is 5.73 Å². The number of carbonyl (C=O) groups is 1. The van der Waals surface area contributed by atoms with E-state index in [1.54, 1.807) is 0 Å². The first kappa shape index (κ1) is 14.6. The molecule has 3 heteroatoms. The maximum Gasteiger partial charge on any atom is 0.243 e. The third kappa shape index (κ3) is 3.19. The van der Waals surface area contributed by atoms with Crippen LogP contribution in [0.25, 0.3) is 0 Å². The zero-order chi connectivity index (χ0) is 13.9. The second-order valence-corrected chi connectivity index (χ2v) is 6.54. The Kier molecular flexibility index (Phi) is 4.67. The van der Waals surface area contributed by atoms with Gasteiger partial charge in [-0.05, 0) is 31.6 Å². The quantitative estimate of drug-likeness (QED) is 0.794. The molecule has 2 N–H and O–H groups in total. The van der Waals surface area contributed by atoms with Gasteiger partial charge in [0, 0.05) is 12.6 Å². The van der Waals surface area contributed by atoms with Crippen molar-refractivity contribution >= 4 is 5.91 Å². The Hall–Kier alpha value is -0.830. The highest BCUT2D eigenvalue weighted by molar-refractivity contribution is 5.86. The van der Waals surface area contributed by atoms with Crippen LogP contribution in [0.5, 0.6) is 0 Å². The molecule has 0 bridgehead atoms. The number of rotatable bonds is 4. The fraction of sp³-hybridized carbons (Fsp3) is 0.812. The van der Waals surface area contributed by atoms with Gasteiger partial charge in [-0.15, -0.1) is 6.58 Å². The van der Waals surface area contributed by atoms with Crippen molar-refractivity contribution in [1.29, 1.82) is 0 Å². The third-order valence-corrected chi connectivity index (χ3v) is 4.81. The number of nitrogens with two attached hydrogens (primary N) is 1. The topological polar surface area (TPSA) is 46.3 Å². The van der Waals surface area contributed by atoms with E-state index in [0.717, 1.165) is 32.1 Å². The summed E-state index contributed by atoms with van der Waals surface area (Å²) in [5, 5.41) is 0. The smallest absolute Gasteiger partial charge is 0.243 e. The summed E-state index contributed by atoms with van der Waals surface area (Å²) >= 11 is 0. The van der Waals surface area contributed by atoms with Gasteiger partial charge in [0.05, 0.1) is 5.54 Å². The van der Waals surface area contributed by atoms with Crippen LogP contribution in [-0.4, -0.2) is 28.9 Å². The van der Waals surface area contributed by atoms with Crippen molar-refractivity contribution in [3.05, 3.63) is 12.7 Å². The standard InChI is InChI=1S/C16H28N2O/c1-3-11-18(14-8-4-5-9-14)15(19)16(17)10-6-7-13(2)12-16/h3,13-14H,1,4-12,17H2,2H3. The van der Waals surface area contributed by atoms with Crippen molar-refractivity contribution in [1.82, 2.24) is 4.90 Å². The van der Waals surface area contributed by atoms with E-state index >= 15 is 0 Å². The van der Waals surface area contributed by atoms with Gasteiger partial charge in [-0.25, -0.2) is 0 Å². The number of hydrogen-bond donors (Lipinski definition) is 1. The second kappa shape index (κ2) is 6.08. The van der Waals surface area contributed by atoms with Crippen LogP contribution < -0.4 is 5.73 Å². The average Bonchev–Trinajstić information content (AvgIpc) is 2.88. The molecule has 108 valence electrons. The van der Waals surface area contributed by atoms with E-state index in [1.807, 2.05) is 11.0 Å². The molecule has 2 unspecified atom stereocenters. The molecule has 2 rings (SSSR count). The van der Waals surface area contributed by atoms with Crippen molar-refractivity contribution in [3.63, 3.8) is 0 Å². The molecule has 2 atom stereocenters. The molecule has 19 heavy (non-hydrogen) atoms. The SMILES string of the molecule is C=CCN(C(=O)C1(N)CCCC(C)C1)C1CCCC1. The molecule has 1 amide bonds. The van der Waals surface area contributed by atoms with Crippen LogP contribution in [0.1, 0.15) is 58.3 Å². The summed E-state index contributed by atoms with van der Waals surface area (Å²) in [4.78, 5) is 14.9. The van der Waals surface area contributed by atoms with Gasteiger partial charge in [0.2, 0.25) is 5.91 Å². The predicted octanol–water partition coefficient (Wildman–Crippen LogP) is 2.85. The van der Waals surface area contributed by atoms with Crippen LogP contribution in [0.4, 0.5) is 0 Å². The zero-order valence-electron chi connectivity index (χ0n) is 12.2. The Morgan fingerprint density at radius 1 is 1.37 bits per heavy atom. The van der Waals surface area contributed by atoms with Gasteiger partial charge in [0.25, 0.3) is 0 Å². The Bertz CT molecular complexity index is 336. The lowest BCUT2D eigenvalue weighted by molar-refractivity contribution is -0.140. The zero-order valence-corrected chi connectivity index (χ0v) is 12.2. The van der Waals surface area contributed by atoms with E-state index in [2.05, 4.69) is 13.5 Å². The van der Waals surface area contributed by atoms with Crippen molar-refractivity contribution in [3.8, 4) is 0 Å². The summed E-state index contributed by atoms with van der Waals surface area (Å²) in [6.07, 6.45) is 10.5. The number of nitrogens with zero attached hydrogens (tertiary/aromatic N) is 1. The largest absolute Gasteiger partial charge is 0.334 e. The first-order valence-corrected chi connectivity index (χ1v) is 7.77. The summed E-state index contributed by atoms with van der Waals surface area (Å²) < 4.78 is 0. The Labute approximate surface area is 117 Å². The molecular weight excluding hydrogens is 236 g/mol. The van der Waals surface area contributed by atoms with Crippen LogP contribution in [0.3, 0.4) is 0 Å². The minimum atomic E-state index is -0.622. The molecule has 0 saturated heterocycles. The molecule has 2 fully saturated rings. The minimum Gasteiger partial charge on any atom is -0.334 e.